The Kier molecular flexibility index (Phi) is 1.57. The number of aliphatic imine (C=N–C) groups is 1. The predicted octanol–water partition coefficient (Wildman–Crippen LogP) is 2.17. The molecule has 1 atom stereocenters. The van der Waals surface area contributed by atoms with E-state index in [4.69, 9.17) is 0 Å². The van der Waals surface area contributed by atoms with Gasteiger partial charge >= 0.3 is 0 Å². The van der Waals surface area contributed by atoms with Crippen LogP contribution in [0.5, 0.6) is 0 Å². The molecule has 0 aromatic carbocycles. The average Bonchev–Trinajstić information content (AvgIpc) is 2.43. The van der Waals surface area contributed by atoms with Crippen molar-refractivity contribution in [3.05, 3.63) is 18.1 Å². The van der Waals surface area contributed by atoms with Gasteiger partial charge in [0.1, 0.15) is 0 Å². The van der Waals surface area contributed by atoms with Crippen LogP contribution in [-0.2, 0) is 0 Å². The Morgan fingerprint density at radius 2 is 2.33 bits per heavy atom. The molecule has 0 aliphatic carbocycles. The number of H-pyrrole nitrogens is 1. The molecule has 1 aliphatic rings. The maximum absolute atomic E-state index is 4.26. The highest BCUT2D eigenvalue weighted by atomic mass is 15.0. The highest BCUT2D eigenvalue weighted by Crippen LogP contribution is 2.25. The van der Waals surface area contributed by atoms with E-state index in [1.54, 1.807) is 6.33 Å². The lowest BCUT2D eigenvalue weighted by Gasteiger charge is -1.96. The number of nitrogens with one attached hydrogen (secondary N) is 1. The molecular weight excluding hydrogens is 150 g/mol. The molecule has 1 aliphatic heterocycles. The van der Waals surface area contributed by atoms with Gasteiger partial charge < -0.3 is 4.98 Å². The number of fused-ring (bicyclic) bond motifs is 1. The molecule has 0 saturated heterocycles. The van der Waals surface area contributed by atoms with Gasteiger partial charge in [0.25, 0.3) is 0 Å². The number of allylic oxidation sites excluding steroid dienone is 2. The fourth-order valence-corrected chi connectivity index (χ4v) is 1.38. The minimum atomic E-state index is 0.396. The van der Waals surface area contributed by atoms with Crippen LogP contribution in [0.2, 0.25) is 0 Å². The van der Waals surface area contributed by atoms with Crippen molar-refractivity contribution in [1.29, 1.82) is 0 Å². The van der Waals surface area contributed by atoms with Gasteiger partial charge in [0.15, 0.2) is 5.82 Å². The van der Waals surface area contributed by atoms with E-state index in [-0.39, 0.29) is 0 Å². The molecule has 1 aromatic heterocycles. The van der Waals surface area contributed by atoms with Gasteiger partial charge in [0.2, 0.25) is 0 Å². The van der Waals surface area contributed by atoms with E-state index in [2.05, 4.69) is 34.9 Å². The van der Waals surface area contributed by atoms with Gasteiger partial charge in [0, 0.05) is 12.1 Å². The summed E-state index contributed by atoms with van der Waals surface area (Å²) in [4.78, 5) is 11.4. The fraction of sp³-hybridized carbons (Fsp3) is 0.333. The average molecular weight is 161 g/mol. The lowest BCUT2D eigenvalue weighted by Crippen LogP contribution is -1.88. The number of nitrogens with zero attached hydrogens (tertiary/aromatic N) is 2. The maximum Gasteiger partial charge on any atom is 0.177 e. The van der Waals surface area contributed by atoms with E-state index >= 15 is 0 Å². The Bertz CT molecular complexity index is 346. The third-order valence-corrected chi connectivity index (χ3v) is 1.96. The summed E-state index contributed by atoms with van der Waals surface area (Å²) in [5.41, 5.74) is 2.25. The van der Waals surface area contributed by atoms with Crippen molar-refractivity contribution < 1.29 is 0 Å². The molecule has 3 nitrogen and oxygen atoms in total. The lowest BCUT2D eigenvalue weighted by atomic mass is 10.1. The highest BCUT2D eigenvalue weighted by Gasteiger charge is 2.09. The Morgan fingerprint density at radius 1 is 1.50 bits per heavy atom. The molecule has 0 spiro atoms. The molecule has 1 aromatic rings. The van der Waals surface area contributed by atoms with E-state index in [9.17, 15) is 0 Å². The Labute approximate surface area is 71.2 Å². The molecule has 3 heteroatoms. The van der Waals surface area contributed by atoms with E-state index in [0.717, 1.165) is 11.5 Å². The van der Waals surface area contributed by atoms with Crippen LogP contribution in [0.15, 0.2) is 17.4 Å². The smallest absolute Gasteiger partial charge is 0.177 e. The summed E-state index contributed by atoms with van der Waals surface area (Å²) in [7, 11) is 0. The molecule has 1 N–H and O–H groups in total. The zero-order valence-electron chi connectivity index (χ0n) is 7.20. The van der Waals surface area contributed by atoms with Gasteiger partial charge in [-0.1, -0.05) is 13.0 Å². The normalized spacial score (nSPS) is 21.5. The van der Waals surface area contributed by atoms with Crippen LogP contribution in [0.1, 0.15) is 19.5 Å². The third-order valence-electron chi connectivity index (χ3n) is 1.96. The first-order valence-corrected chi connectivity index (χ1v) is 4.03. The maximum atomic E-state index is 4.26. The van der Waals surface area contributed by atoms with Crippen molar-refractivity contribution in [3.8, 4) is 0 Å². The van der Waals surface area contributed by atoms with Crippen LogP contribution in [0.3, 0.4) is 0 Å². The second kappa shape index (κ2) is 2.59. The molecule has 2 rings (SSSR count). The minimum Gasteiger partial charge on any atom is -0.343 e. The summed E-state index contributed by atoms with van der Waals surface area (Å²) < 4.78 is 0. The van der Waals surface area contributed by atoms with Crippen LogP contribution in [0, 0.1) is 5.92 Å². The van der Waals surface area contributed by atoms with Crippen LogP contribution >= 0.6 is 0 Å². The number of rotatable bonds is 0. The summed E-state index contributed by atoms with van der Waals surface area (Å²) in [6.07, 6.45) is 5.76. The summed E-state index contributed by atoms with van der Waals surface area (Å²) in [5.74, 6) is 1.20. The van der Waals surface area contributed by atoms with Gasteiger partial charge in [-0.05, 0) is 12.5 Å². The molecule has 1 unspecified atom stereocenters. The van der Waals surface area contributed by atoms with E-state index < -0.39 is 0 Å². The second-order valence-electron chi connectivity index (χ2n) is 3.09. The first-order valence-electron chi connectivity index (χ1n) is 4.03. The van der Waals surface area contributed by atoms with Crippen molar-refractivity contribution in [1.82, 2.24) is 9.97 Å². The minimum absolute atomic E-state index is 0.396. The molecule has 0 radical (unpaired) electrons. The van der Waals surface area contributed by atoms with Crippen LogP contribution in [0.4, 0.5) is 5.82 Å². The Morgan fingerprint density at radius 3 is 3.17 bits per heavy atom. The summed E-state index contributed by atoms with van der Waals surface area (Å²) in [5, 5.41) is 0. The monoisotopic (exact) mass is 161 g/mol. The highest BCUT2D eigenvalue weighted by molar-refractivity contribution is 5.79. The first kappa shape index (κ1) is 7.28. The second-order valence-corrected chi connectivity index (χ2v) is 3.09. The topological polar surface area (TPSA) is 41.0 Å². The van der Waals surface area contributed by atoms with E-state index in [1.807, 2.05) is 6.21 Å². The zero-order chi connectivity index (χ0) is 8.55. The van der Waals surface area contributed by atoms with Gasteiger partial charge in [-0.2, -0.15) is 0 Å². The summed E-state index contributed by atoms with van der Waals surface area (Å²) in [6, 6.07) is 0. The lowest BCUT2D eigenvalue weighted by molar-refractivity contribution is 1.03. The van der Waals surface area contributed by atoms with Gasteiger partial charge in [0.05, 0.1) is 12.0 Å². The zero-order valence-corrected chi connectivity index (χ0v) is 7.20. The number of hydrogen-bond acceptors (Lipinski definition) is 2. The van der Waals surface area contributed by atoms with Gasteiger partial charge in [-0.15, -0.1) is 0 Å². The molecule has 12 heavy (non-hydrogen) atoms. The summed E-state index contributed by atoms with van der Waals surface area (Å²) >= 11 is 0. The number of aromatic nitrogens is 2. The van der Waals surface area contributed by atoms with Crippen molar-refractivity contribution >= 4 is 17.6 Å². The van der Waals surface area contributed by atoms with E-state index in [0.29, 0.717) is 5.92 Å². The van der Waals surface area contributed by atoms with Crippen LogP contribution in [0.25, 0.3) is 5.57 Å². The Hall–Kier alpha value is -1.38. The standard InChI is InChI=1S/C9H11N3/c1-6-3-7(2)8-9(10-4-6)12-5-11-8/h3-6H,1-2H3,(H,11,12). The first-order chi connectivity index (χ1) is 5.77. The van der Waals surface area contributed by atoms with Crippen molar-refractivity contribution in [2.45, 2.75) is 13.8 Å². The quantitative estimate of drug-likeness (QED) is 0.622. The molecule has 0 amide bonds. The predicted molar refractivity (Wildman–Crippen MR) is 49.6 cm³/mol. The van der Waals surface area contributed by atoms with Gasteiger partial charge in [-0.25, -0.2) is 9.98 Å². The molecule has 2 heterocycles. The number of imidazole rings is 1. The third kappa shape index (κ3) is 1.07. The summed E-state index contributed by atoms with van der Waals surface area (Å²) in [6.45, 7) is 4.18. The molecule has 62 valence electrons. The molecular formula is C9H11N3. The number of hydrogen-bond donors (Lipinski definition) is 1. The fourth-order valence-electron chi connectivity index (χ4n) is 1.38. The Balaban J connectivity index is 2.55. The van der Waals surface area contributed by atoms with Crippen molar-refractivity contribution in [2.24, 2.45) is 10.9 Å². The van der Waals surface area contributed by atoms with Crippen LogP contribution < -0.4 is 0 Å². The number of aromatic amines is 1. The van der Waals surface area contributed by atoms with E-state index in [1.165, 1.54) is 5.57 Å². The SMILES string of the molecule is CC1=CC(C)C=Nc2nc[nH]c21. The largest absolute Gasteiger partial charge is 0.343 e. The molecule has 0 fully saturated rings. The van der Waals surface area contributed by atoms with Crippen LogP contribution in [-0.4, -0.2) is 16.2 Å². The van der Waals surface area contributed by atoms with Crippen molar-refractivity contribution in [2.75, 3.05) is 0 Å². The van der Waals surface area contributed by atoms with Gasteiger partial charge in [-0.3, -0.25) is 0 Å². The molecule has 0 saturated carbocycles. The van der Waals surface area contributed by atoms with Crippen molar-refractivity contribution in [3.63, 3.8) is 0 Å². The molecule has 0 bridgehead atoms.